The third kappa shape index (κ3) is 2.63. The van der Waals surface area contributed by atoms with Crippen molar-refractivity contribution in [3.05, 3.63) is 36.5 Å². The summed E-state index contributed by atoms with van der Waals surface area (Å²) in [6, 6.07) is 9.18. The Morgan fingerprint density at radius 3 is 2.55 bits per heavy atom. The molecule has 0 saturated carbocycles. The van der Waals surface area contributed by atoms with Crippen molar-refractivity contribution in [2.75, 3.05) is 13.1 Å². The molecule has 1 fully saturated rings. The lowest BCUT2D eigenvalue weighted by atomic mass is 10.2. The van der Waals surface area contributed by atoms with E-state index in [-0.39, 0.29) is 0 Å². The third-order valence-corrected chi connectivity index (χ3v) is 6.88. The van der Waals surface area contributed by atoms with E-state index in [1.54, 1.807) is 16.6 Å². The number of aromatic nitrogens is 1. The maximum Gasteiger partial charge on any atom is 0.252 e. The van der Waals surface area contributed by atoms with Gasteiger partial charge >= 0.3 is 0 Å². The van der Waals surface area contributed by atoms with Crippen molar-refractivity contribution < 1.29 is 8.42 Å². The molecule has 0 N–H and O–H groups in total. The highest BCUT2D eigenvalue weighted by molar-refractivity contribution is 7.91. The minimum Gasteiger partial charge on any atom is -0.255 e. The monoisotopic (exact) mass is 308 g/mol. The van der Waals surface area contributed by atoms with Gasteiger partial charge in [-0.25, -0.2) is 8.42 Å². The first-order valence-corrected chi connectivity index (χ1v) is 8.95. The largest absolute Gasteiger partial charge is 0.255 e. The molecule has 0 unspecified atom stereocenters. The average molecular weight is 308 g/mol. The summed E-state index contributed by atoms with van der Waals surface area (Å²) in [4.78, 5) is 5.15. The van der Waals surface area contributed by atoms with E-state index in [2.05, 4.69) is 4.98 Å². The van der Waals surface area contributed by atoms with E-state index < -0.39 is 10.0 Å². The number of nitrogens with zero attached hydrogens (tertiary/aromatic N) is 2. The van der Waals surface area contributed by atoms with Crippen molar-refractivity contribution in [1.29, 1.82) is 0 Å². The number of rotatable bonds is 3. The minimum absolute atomic E-state index is 0.417. The fraction of sp³-hybridized carbons (Fsp3) is 0.357. The first-order valence-electron chi connectivity index (χ1n) is 6.69. The molecular formula is C14H16N2O2S2. The SMILES string of the molecule is O=S(=O)(c1ccc(-c2ccccn2)s1)N1CCCCC1. The summed E-state index contributed by atoms with van der Waals surface area (Å²) in [7, 11) is -3.33. The lowest BCUT2D eigenvalue weighted by Gasteiger charge is -2.25. The Labute approximate surface area is 123 Å². The summed E-state index contributed by atoms with van der Waals surface area (Å²) in [6.45, 7) is 1.28. The lowest BCUT2D eigenvalue weighted by molar-refractivity contribution is 0.347. The summed E-state index contributed by atoms with van der Waals surface area (Å²) in [5.41, 5.74) is 0.817. The van der Waals surface area contributed by atoms with Crippen molar-refractivity contribution in [3.63, 3.8) is 0 Å². The van der Waals surface area contributed by atoms with Crippen molar-refractivity contribution in [2.45, 2.75) is 23.5 Å². The van der Waals surface area contributed by atoms with Gasteiger partial charge in [-0.1, -0.05) is 12.5 Å². The summed E-state index contributed by atoms with van der Waals surface area (Å²) in [5, 5.41) is 0. The van der Waals surface area contributed by atoms with Gasteiger partial charge in [0.2, 0.25) is 0 Å². The van der Waals surface area contributed by atoms with Crippen LogP contribution in [0.1, 0.15) is 19.3 Å². The van der Waals surface area contributed by atoms with Crippen molar-refractivity contribution in [3.8, 4) is 10.6 Å². The number of pyridine rings is 1. The quantitative estimate of drug-likeness (QED) is 0.876. The molecule has 0 aliphatic carbocycles. The molecule has 1 aliphatic heterocycles. The van der Waals surface area contributed by atoms with Crippen LogP contribution in [0.15, 0.2) is 40.7 Å². The first-order chi connectivity index (χ1) is 9.68. The zero-order valence-electron chi connectivity index (χ0n) is 11.0. The molecule has 1 saturated heterocycles. The number of hydrogen-bond acceptors (Lipinski definition) is 4. The Kier molecular flexibility index (Phi) is 3.87. The standard InChI is InChI=1S/C14H16N2O2S2/c17-20(18,16-10-4-1-5-11-16)14-8-7-13(19-14)12-6-2-3-9-15-12/h2-3,6-9H,1,4-5,10-11H2. The van der Waals surface area contributed by atoms with E-state index in [0.717, 1.165) is 29.8 Å². The van der Waals surface area contributed by atoms with Crippen LogP contribution in [0.25, 0.3) is 10.6 Å². The van der Waals surface area contributed by atoms with E-state index in [4.69, 9.17) is 0 Å². The molecule has 4 nitrogen and oxygen atoms in total. The smallest absolute Gasteiger partial charge is 0.252 e. The number of hydrogen-bond donors (Lipinski definition) is 0. The molecule has 0 aromatic carbocycles. The Hall–Kier alpha value is -1.24. The van der Waals surface area contributed by atoms with E-state index in [9.17, 15) is 8.42 Å². The van der Waals surface area contributed by atoms with Crippen LogP contribution in [-0.4, -0.2) is 30.8 Å². The number of thiophene rings is 1. The van der Waals surface area contributed by atoms with Gasteiger partial charge < -0.3 is 0 Å². The zero-order chi connectivity index (χ0) is 14.0. The Bertz CT molecular complexity index is 674. The summed E-state index contributed by atoms with van der Waals surface area (Å²) in [6.07, 6.45) is 4.75. The van der Waals surface area contributed by atoms with Gasteiger partial charge in [-0.3, -0.25) is 4.98 Å². The number of piperidine rings is 1. The molecule has 3 heterocycles. The highest BCUT2D eigenvalue weighted by atomic mass is 32.2. The molecule has 0 spiro atoms. The van der Waals surface area contributed by atoms with Crippen LogP contribution in [-0.2, 0) is 10.0 Å². The van der Waals surface area contributed by atoms with Crippen molar-refractivity contribution in [1.82, 2.24) is 9.29 Å². The second-order valence-corrected chi connectivity index (χ2v) is 8.05. The highest BCUT2D eigenvalue weighted by Crippen LogP contribution is 2.31. The van der Waals surface area contributed by atoms with Gasteiger partial charge in [-0.2, -0.15) is 4.31 Å². The predicted molar refractivity (Wildman–Crippen MR) is 80.2 cm³/mol. The minimum atomic E-state index is -3.33. The molecule has 106 valence electrons. The Balaban J connectivity index is 1.89. The van der Waals surface area contributed by atoms with Crippen LogP contribution in [0.3, 0.4) is 0 Å². The highest BCUT2D eigenvalue weighted by Gasteiger charge is 2.27. The maximum absolute atomic E-state index is 12.5. The molecule has 20 heavy (non-hydrogen) atoms. The van der Waals surface area contributed by atoms with E-state index in [0.29, 0.717) is 17.3 Å². The van der Waals surface area contributed by atoms with Gasteiger partial charge in [0.05, 0.1) is 10.6 Å². The normalized spacial score (nSPS) is 17.2. The Morgan fingerprint density at radius 1 is 1.05 bits per heavy atom. The second kappa shape index (κ2) is 5.63. The molecular weight excluding hydrogens is 292 g/mol. The summed E-state index contributed by atoms with van der Waals surface area (Å²) in [5.74, 6) is 0. The molecule has 0 bridgehead atoms. The number of sulfonamides is 1. The van der Waals surface area contributed by atoms with Crippen LogP contribution < -0.4 is 0 Å². The van der Waals surface area contributed by atoms with E-state index in [1.807, 2.05) is 24.3 Å². The van der Waals surface area contributed by atoms with Crippen molar-refractivity contribution in [2.24, 2.45) is 0 Å². The van der Waals surface area contributed by atoms with Crippen LogP contribution in [0.2, 0.25) is 0 Å². The van der Waals surface area contributed by atoms with E-state index >= 15 is 0 Å². The van der Waals surface area contributed by atoms with Crippen LogP contribution in [0.5, 0.6) is 0 Å². The third-order valence-electron chi connectivity index (χ3n) is 3.41. The van der Waals surface area contributed by atoms with Crippen LogP contribution in [0.4, 0.5) is 0 Å². The van der Waals surface area contributed by atoms with Crippen LogP contribution >= 0.6 is 11.3 Å². The predicted octanol–water partition coefficient (Wildman–Crippen LogP) is 2.98. The molecule has 0 radical (unpaired) electrons. The van der Waals surface area contributed by atoms with Gasteiger partial charge in [-0.15, -0.1) is 11.3 Å². The molecule has 2 aromatic heterocycles. The first kappa shape index (κ1) is 13.7. The van der Waals surface area contributed by atoms with Gasteiger partial charge in [0.25, 0.3) is 10.0 Å². The molecule has 6 heteroatoms. The average Bonchev–Trinajstić information content (AvgIpc) is 3.00. The van der Waals surface area contributed by atoms with Gasteiger partial charge in [0, 0.05) is 19.3 Å². The van der Waals surface area contributed by atoms with Gasteiger partial charge in [0.1, 0.15) is 4.21 Å². The lowest BCUT2D eigenvalue weighted by Crippen LogP contribution is -2.35. The van der Waals surface area contributed by atoms with Crippen LogP contribution in [0, 0.1) is 0 Å². The fourth-order valence-corrected chi connectivity index (χ4v) is 5.29. The molecule has 0 amide bonds. The van der Waals surface area contributed by atoms with Gasteiger partial charge in [0.15, 0.2) is 0 Å². The Morgan fingerprint density at radius 2 is 1.85 bits per heavy atom. The van der Waals surface area contributed by atoms with Crippen molar-refractivity contribution >= 4 is 21.4 Å². The summed E-state index contributed by atoms with van der Waals surface area (Å²) >= 11 is 1.29. The molecule has 2 aromatic rings. The zero-order valence-corrected chi connectivity index (χ0v) is 12.7. The molecule has 3 rings (SSSR count). The summed E-state index contributed by atoms with van der Waals surface area (Å²) < 4.78 is 27.1. The fourth-order valence-electron chi connectivity index (χ4n) is 2.34. The van der Waals surface area contributed by atoms with Gasteiger partial charge in [-0.05, 0) is 37.1 Å². The topological polar surface area (TPSA) is 50.3 Å². The van der Waals surface area contributed by atoms with E-state index in [1.165, 1.54) is 11.3 Å². The second-order valence-electron chi connectivity index (χ2n) is 4.80. The maximum atomic E-state index is 12.5. The molecule has 1 aliphatic rings. The molecule has 0 atom stereocenters.